The Hall–Kier alpha value is -0.633. The number of carbonyl (C=O) groups is 1. The number of nitrogens with zero attached hydrogens (tertiary/aromatic N) is 1. The Bertz CT molecular complexity index is 536. The number of rotatable bonds is 8. The molecule has 1 fully saturated rings. The van der Waals surface area contributed by atoms with E-state index in [0.29, 0.717) is 13.2 Å². The van der Waals surface area contributed by atoms with Crippen LogP contribution in [0.25, 0.3) is 0 Å². The maximum atomic E-state index is 12.9. The molecule has 29 heavy (non-hydrogen) atoms. The predicted molar refractivity (Wildman–Crippen MR) is 119 cm³/mol. The van der Waals surface area contributed by atoms with Crippen LogP contribution in [0.2, 0.25) is 18.1 Å². The zero-order chi connectivity index (χ0) is 22.7. The third-order valence-electron chi connectivity index (χ3n) is 6.03. The molecule has 1 heterocycles. The van der Waals surface area contributed by atoms with E-state index in [-0.39, 0.29) is 29.7 Å². The molecule has 1 rings (SSSR count). The Balaban J connectivity index is 2.91. The Labute approximate surface area is 179 Å². The van der Waals surface area contributed by atoms with Gasteiger partial charge in [-0.05, 0) is 77.9 Å². The topological polar surface area (TPSA) is 68.2 Å². The van der Waals surface area contributed by atoms with Crippen molar-refractivity contribution >= 4 is 14.4 Å². The molecule has 1 N–H and O–H groups in total. The van der Waals surface area contributed by atoms with E-state index in [1.807, 2.05) is 34.6 Å². The monoisotopic (exact) mass is 431 g/mol. The summed E-state index contributed by atoms with van der Waals surface area (Å²) in [6, 6.07) is -0.0634. The van der Waals surface area contributed by atoms with E-state index in [0.717, 1.165) is 19.3 Å². The van der Waals surface area contributed by atoms with Gasteiger partial charge >= 0.3 is 6.09 Å². The van der Waals surface area contributed by atoms with Crippen molar-refractivity contribution in [2.75, 3.05) is 19.8 Å². The van der Waals surface area contributed by atoms with Gasteiger partial charge in [-0.25, -0.2) is 4.79 Å². The summed E-state index contributed by atoms with van der Waals surface area (Å²) in [6.45, 7) is 22.0. The van der Waals surface area contributed by atoms with Gasteiger partial charge in [-0.15, -0.1) is 0 Å². The van der Waals surface area contributed by atoms with Crippen LogP contribution in [-0.4, -0.2) is 61.6 Å². The molecule has 2 unspecified atom stereocenters. The molecule has 0 aromatic carbocycles. The van der Waals surface area contributed by atoms with Gasteiger partial charge in [0.15, 0.2) is 8.32 Å². The largest absolute Gasteiger partial charge is 0.444 e. The number of aliphatic hydroxyl groups excluding tert-OH is 1. The van der Waals surface area contributed by atoms with Gasteiger partial charge < -0.3 is 19.0 Å². The van der Waals surface area contributed by atoms with Gasteiger partial charge in [-0.2, -0.15) is 0 Å². The molecule has 172 valence electrons. The second kappa shape index (κ2) is 9.67. The van der Waals surface area contributed by atoms with E-state index in [1.54, 1.807) is 4.90 Å². The molecule has 1 amide bonds. The molecule has 6 nitrogen and oxygen atoms in total. The lowest BCUT2D eigenvalue weighted by atomic mass is 9.95. The summed E-state index contributed by atoms with van der Waals surface area (Å²) in [6.07, 6.45) is 2.03. The summed E-state index contributed by atoms with van der Waals surface area (Å²) >= 11 is 0. The zero-order valence-corrected chi connectivity index (χ0v) is 21.4. The lowest BCUT2D eigenvalue weighted by molar-refractivity contribution is -0.0633. The van der Waals surface area contributed by atoms with Gasteiger partial charge in [-0.3, -0.25) is 4.90 Å². The summed E-state index contributed by atoms with van der Waals surface area (Å²) in [5.41, 5.74) is -1.25. The van der Waals surface area contributed by atoms with Crippen LogP contribution >= 0.6 is 0 Å². The van der Waals surface area contributed by atoms with Crippen molar-refractivity contribution in [2.24, 2.45) is 5.92 Å². The molecule has 0 bridgehead atoms. The maximum Gasteiger partial charge on any atom is 0.412 e. The second-order valence-electron chi connectivity index (χ2n) is 11.3. The van der Waals surface area contributed by atoms with E-state index in [2.05, 4.69) is 33.9 Å². The van der Waals surface area contributed by atoms with Gasteiger partial charge in [0.05, 0.1) is 12.6 Å². The Morgan fingerprint density at radius 2 is 1.83 bits per heavy atom. The van der Waals surface area contributed by atoms with Crippen molar-refractivity contribution in [3.63, 3.8) is 0 Å². The molecule has 0 radical (unpaired) electrons. The zero-order valence-electron chi connectivity index (χ0n) is 20.4. The molecule has 0 aliphatic carbocycles. The van der Waals surface area contributed by atoms with Crippen molar-refractivity contribution in [1.29, 1.82) is 0 Å². The van der Waals surface area contributed by atoms with Gasteiger partial charge in [0, 0.05) is 13.2 Å². The summed E-state index contributed by atoms with van der Waals surface area (Å²) in [7, 11) is -1.86. The normalized spacial score (nSPS) is 21.3. The minimum Gasteiger partial charge on any atom is -0.444 e. The minimum atomic E-state index is -1.86. The molecule has 0 aromatic rings. The highest BCUT2D eigenvalue weighted by Gasteiger charge is 2.46. The molecule has 2 atom stereocenters. The van der Waals surface area contributed by atoms with E-state index >= 15 is 0 Å². The molecule has 1 aliphatic heterocycles. The van der Waals surface area contributed by atoms with Crippen LogP contribution in [-0.2, 0) is 13.9 Å². The smallest absolute Gasteiger partial charge is 0.412 e. The van der Waals surface area contributed by atoms with E-state index in [4.69, 9.17) is 13.9 Å². The number of ether oxygens (including phenoxy) is 2. The Kier molecular flexibility index (Phi) is 8.80. The average Bonchev–Trinajstić information content (AvgIpc) is 2.81. The van der Waals surface area contributed by atoms with Crippen molar-refractivity contribution < 1.29 is 23.8 Å². The molecule has 0 spiro atoms. The number of aliphatic hydroxyl groups is 1. The van der Waals surface area contributed by atoms with Crippen molar-refractivity contribution in [3.8, 4) is 0 Å². The second-order valence-corrected chi connectivity index (χ2v) is 16.1. The molecule has 0 saturated carbocycles. The standard InChI is InChI=1S/C22H45NO5Si/c1-20(2,3)28-19(25)23-18(16-26-22(23,7)8)14-17(12-11-13-24)15-27-29(9,10)21(4,5)6/h17-18,24H,11-16H2,1-10H3. The van der Waals surface area contributed by atoms with Gasteiger partial charge in [0.1, 0.15) is 11.3 Å². The SMILES string of the molecule is CC(C)(C)OC(=O)N1C(CC(CCCO)CO[Si](C)(C)C(C)(C)C)COC1(C)C. The first kappa shape index (κ1) is 26.4. The number of hydrogen-bond donors (Lipinski definition) is 1. The first-order valence-corrected chi connectivity index (χ1v) is 13.8. The first-order valence-electron chi connectivity index (χ1n) is 10.9. The van der Waals surface area contributed by atoms with Crippen LogP contribution in [0.5, 0.6) is 0 Å². The van der Waals surface area contributed by atoms with E-state index in [9.17, 15) is 9.90 Å². The summed E-state index contributed by atoms with van der Waals surface area (Å²) in [5.74, 6) is 0.253. The maximum absolute atomic E-state index is 12.9. The third kappa shape index (κ3) is 7.85. The molecule has 0 aromatic heterocycles. The van der Waals surface area contributed by atoms with E-state index in [1.165, 1.54) is 0 Å². The number of carbonyl (C=O) groups excluding carboxylic acids is 1. The van der Waals surface area contributed by atoms with Crippen LogP contribution in [0.15, 0.2) is 0 Å². The lowest BCUT2D eigenvalue weighted by Gasteiger charge is -2.38. The molecule has 1 aliphatic rings. The molecular weight excluding hydrogens is 386 g/mol. The molecule has 7 heteroatoms. The van der Waals surface area contributed by atoms with Crippen LogP contribution < -0.4 is 0 Å². The third-order valence-corrected chi connectivity index (χ3v) is 10.5. The van der Waals surface area contributed by atoms with E-state index < -0.39 is 19.6 Å². The van der Waals surface area contributed by atoms with Crippen LogP contribution in [0.4, 0.5) is 4.79 Å². The number of amides is 1. The Morgan fingerprint density at radius 1 is 1.24 bits per heavy atom. The van der Waals surface area contributed by atoms with Crippen molar-refractivity contribution in [1.82, 2.24) is 4.90 Å². The van der Waals surface area contributed by atoms with Crippen molar-refractivity contribution in [3.05, 3.63) is 0 Å². The first-order chi connectivity index (χ1) is 13.0. The van der Waals surface area contributed by atoms with Gasteiger partial charge in [0.2, 0.25) is 0 Å². The summed E-state index contributed by atoms with van der Waals surface area (Å²) < 4.78 is 18.1. The molecular formula is C22H45NO5Si. The van der Waals surface area contributed by atoms with Gasteiger partial charge in [-0.1, -0.05) is 20.8 Å². The highest BCUT2D eigenvalue weighted by molar-refractivity contribution is 6.74. The Morgan fingerprint density at radius 3 is 2.31 bits per heavy atom. The van der Waals surface area contributed by atoms with Crippen molar-refractivity contribution in [2.45, 2.75) is 110 Å². The quantitative estimate of drug-likeness (QED) is 0.538. The lowest BCUT2D eigenvalue weighted by Crippen LogP contribution is -2.50. The minimum absolute atomic E-state index is 0.0634. The van der Waals surface area contributed by atoms with Crippen LogP contribution in [0.1, 0.15) is 74.7 Å². The van der Waals surface area contributed by atoms with Crippen LogP contribution in [0, 0.1) is 5.92 Å². The fourth-order valence-electron chi connectivity index (χ4n) is 3.31. The highest BCUT2D eigenvalue weighted by Crippen LogP contribution is 2.38. The predicted octanol–water partition coefficient (Wildman–Crippen LogP) is 5.16. The molecule has 1 saturated heterocycles. The summed E-state index contributed by atoms with van der Waals surface area (Å²) in [5, 5.41) is 9.49. The fourth-order valence-corrected chi connectivity index (χ4v) is 4.40. The summed E-state index contributed by atoms with van der Waals surface area (Å²) in [4.78, 5) is 14.6. The average molecular weight is 432 g/mol. The fraction of sp³-hybridized carbons (Fsp3) is 0.955. The highest BCUT2D eigenvalue weighted by atomic mass is 28.4. The number of hydrogen-bond acceptors (Lipinski definition) is 5. The van der Waals surface area contributed by atoms with Crippen LogP contribution in [0.3, 0.4) is 0 Å². The van der Waals surface area contributed by atoms with Gasteiger partial charge in [0.25, 0.3) is 0 Å².